The first-order chi connectivity index (χ1) is 8.25. The fraction of sp³-hybridized carbons (Fsp3) is 0.462. The fourth-order valence-electron chi connectivity index (χ4n) is 2.66. The number of hydrogen-bond donors (Lipinski definition) is 1. The molecule has 1 aliphatic rings. The zero-order valence-electron chi connectivity index (χ0n) is 9.91. The van der Waals surface area contributed by atoms with Gasteiger partial charge in [-0.3, -0.25) is 4.68 Å². The predicted octanol–water partition coefficient (Wildman–Crippen LogP) is 2.80. The molecule has 1 fully saturated rings. The van der Waals surface area contributed by atoms with Gasteiger partial charge in [-0.05, 0) is 44.1 Å². The summed E-state index contributed by atoms with van der Waals surface area (Å²) in [5.74, 6) is 0.612. The summed E-state index contributed by atoms with van der Waals surface area (Å²) in [5.41, 5.74) is 2.49. The molecule has 3 rings (SSSR count). The van der Waals surface area contributed by atoms with E-state index in [2.05, 4.69) is 39.4 Å². The Balaban J connectivity index is 2.10. The van der Waals surface area contributed by atoms with Gasteiger partial charge in [-0.2, -0.15) is 5.10 Å². The molecule has 4 heteroatoms. The first-order valence-corrected chi connectivity index (χ1v) is 6.88. The van der Waals surface area contributed by atoms with Crippen molar-refractivity contribution in [3.63, 3.8) is 0 Å². The number of aromatic nitrogens is 2. The molecule has 0 atom stereocenters. The maximum atomic E-state index is 4.72. The molecule has 1 aliphatic heterocycles. The minimum absolute atomic E-state index is 0.612. The molecule has 2 heterocycles. The molecule has 1 saturated heterocycles. The van der Waals surface area contributed by atoms with Crippen LogP contribution in [0.1, 0.15) is 24.5 Å². The van der Waals surface area contributed by atoms with Gasteiger partial charge >= 0.3 is 0 Å². The topological polar surface area (TPSA) is 29.9 Å². The highest BCUT2D eigenvalue weighted by molar-refractivity contribution is 9.10. The maximum Gasteiger partial charge on any atom is 0.0735 e. The lowest BCUT2D eigenvalue weighted by Gasteiger charge is -2.21. The standard InChI is InChI=1S/C13H16BrN3/c1-17-12-8-10(14)2-3-11(12)13(16-17)9-4-6-15-7-5-9/h2-3,8-9,15H,4-7H2,1H3. The number of fused-ring (bicyclic) bond motifs is 1. The van der Waals surface area contributed by atoms with Gasteiger partial charge in [0.2, 0.25) is 0 Å². The summed E-state index contributed by atoms with van der Waals surface area (Å²) < 4.78 is 3.11. The molecule has 1 aromatic heterocycles. The Bertz CT molecular complexity index is 541. The van der Waals surface area contributed by atoms with E-state index in [0.717, 1.165) is 17.6 Å². The van der Waals surface area contributed by atoms with Crippen molar-refractivity contribution in [2.45, 2.75) is 18.8 Å². The molecule has 17 heavy (non-hydrogen) atoms. The maximum absolute atomic E-state index is 4.72. The van der Waals surface area contributed by atoms with Crippen LogP contribution in [0.3, 0.4) is 0 Å². The van der Waals surface area contributed by atoms with Gasteiger partial charge in [0.15, 0.2) is 0 Å². The lowest BCUT2D eigenvalue weighted by Crippen LogP contribution is -2.26. The number of benzene rings is 1. The molecule has 0 amide bonds. The van der Waals surface area contributed by atoms with Crippen molar-refractivity contribution in [2.75, 3.05) is 13.1 Å². The summed E-state index contributed by atoms with van der Waals surface area (Å²) >= 11 is 3.52. The van der Waals surface area contributed by atoms with Crippen LogP contribution in [-0.4, -0.2) is 22.9 Å². The van der Waals surface area contributed by atoms with E-state index in [0.29, 0.717) is 5.92 Å². The van der Waals surface area contributed by atoms with E-state index in [1.807, 2.05) is 11.7 Å². The Morgan fingerprint density at radius 1 is 1.35 bits per heavy atom. The SMILES string of the molecule is Cn1nc(C2CCNCC2)c2ccc(Br)cc21. The Labute approximate surface area is 109 Å². The molecule has 2 aromatic rings. The molecule has 90 valence electrons. The zero-order chi connectivity index (χ0) is 11.8. The van der Waals surface area contributed by atoms with E-state index >= 15 is 0 Å². The van der Waals surface area contributed by atoms with E-state index in [4.69, 9.17) is 5.10 Å². The summed E-state index contributed by atoms with van der Waals surface area (Å²) in [6.07, 6.45) is 2.39. The van der Waals surface area contributed by atoms with Gasteiger partial charge in [-0.25, -0.2) is 0 Å². The summed E-state index contributed by atoms with van der Waals surface area (Å²) in [6.45, 7) is 2.22. The molecule has 0 unspecified atom stereocenters. The second-order valence-corrected chi connectivity index (χ2v) is 5.61. The van der Waals surface area contributed by atoms with Gasteiger partial charge < -0.3 is 5.32 Å². The molecule has 0 bridgehead atoms. The van der Waals surface area contributed by atoms with Crippen molar-refractivity contribution in [2.24, 2.45) is 7.05 Å². The number of nitrogens with one attached hydrogen (secondary N) is 1. The molecule has 0 saturated carbocycles. The van der Waals surface area contributed by atoms with Crippen LogP contribution in [-0.2, 0) is 7.05 Å². The summed E-state index contributed by atoms with van der Waals surface area (Å²) in [7, 11) is 2.03. The third-order valence-electron chi connectivity index (χ3n) is 3.57. The van der Waals surface area contributed by atoms with Crippen LogP contribution in [0.25, 0.3) is 10.9 Å². The first-order valence-electron chi connectivity index (χ1n) is 6.08. The highest BCUT2D eigenvalue weighted by Crippen LogP contribution is 2.31. The zero-order valence-corrected chi connectivity index (χ0v) is 11.5. The Morgan fingerprint density at radius 3 is 2.88 bits per heavy atom. The molecule has 0 aliphatic carbocycles. The fourth-order valence-corrected chi connectivity index (χ4v) is 3.00. The number of aryl methyl sites for hydroxylation is 1. The third-order valence-corrected chi connectivity index (χ3v) is 4.06. The van der Waals surface area contributed by atoms with Gasteiger partial charge in [-0.15, -0.1) is 0 Å². The highest BCUT2D eigenvalue weighted by Gasteiger charge is 2.21. The van der Waals surface area contributed by atoms with E-state index in [1.54, 1.807) is 0 Å². The van der Waals surface area contributed by atoms with Crippen LogP contribution >= 0.6 is 15.9 Å². The number of nitrogens with zero attached hydrogens (tertiary/aromatic N) is 2. The monoisotopic (exact) mass is 293 g/mol. The average Bonchev–Trinajstić information content (AvgIpc) is 2.68. The second-order valence-electron chi connectivity index (χ2n) is 4.69. The number of halogens is 1. The van der Waals surface area contributed by atoms with Crippen molar-refractivity contribution in [1.82, 2.24) is 15.1 Å². The van der Waals surface area contributed by atoms with E-state index < -0.39 is 0 Å². The van der Waals surface area contributed by atoms with Crippen LogP contribution in [0.4, 0.5) is 0 Å². The molecule has 1 aromatic carbocycles. The summed E-state index contributed by atoms with van der Waals surface area (Å²) in [6, 6.07) is 6.44. The van der Waals surface area contributed by atoms with E-state index in [1.165, 1.54) is 29.4 Å². The van der Waals surface area contributed by atoms with Gasteiger partial charge in [0.05, 0.1) is 11.2 Å². The first kappa shape index (κ1) is 11.2. The minimum atomic E-state index is 0.612. The summed E-state index contributed by atoms with van der Waals surface area (Å²) in [5, 5.41) is 9.44. The van der Waals surface area contributed by atoms with Crippen LogP contribution in [0.2, 0.25) is 0 Å². The molecule has 0 spiro atoms. The predicted molar refractivity (Wildman–Crippen MR) is 73.3 cm³/mol. The minimum Gasteiger partial charge on any atom is -0.317 e. The molecular formula is C13H16BrN3. The highest BCUT2D eigenvalue weighted by atomic mass is 79.9. The average molecular weight is 294 g/mol. The van der Waals surface area contributed by atoms with Gasteiger partial charge in [0.25, 0.3) is 0 Å². The summed E-state index contributed by atoms with van der Waals surface area (Å²) in [4.78, 5) is 0. The Kier molecular flexibility index (Phi) is 2.92. The van der Waals surface area contributed by atoms with Crippen molar-refractivity contribution in [3.05, 3.63) is 28.4 Å². The van der Waals surface area contributed by atoms with Crippen LogP contribution in [0, 0.1) is 0 Å². The van der Waals surface area contributed by atoms with Crippen molar-refractivity contribution in [3.8, 4) is 0 Å². The smallest absolute Gasteiger partial charge is 0.0735 e. The van der Waals surface area contributed by atoms with Crippen LogP contribution in [0.15, 0.2) is 22.7 Å². The number of rotatable bonds is 1. The van der Waals surface area contributed by atoms with E-state index in [-0.39, 0.29) is 0 Å². The Hall–Kier alpha value is -0.870. The molecule has 3 nitrogen and oxygen atoms in total. The second kappa shape index (κ2) is 4.42. The van der Waals surface area contributed by atoms with Crippen LogP contribution < -0.4 is 5.32 Å². The van der Waals surface area contributed by atoms with Crippen LogP contribution in [0.5, 0.6) is 0 Å². The quantitative estimate of drug-likeness (QED) is 0.876. The van der Waals surface area contributed by atoms with Gasteiger partial charge in [-0.1, -0.05) is 15.9 Å². The lowest BCUT2D eigenvalue weighted by atomic mass is 9.93. The largest absolute Gasteiger partial charge is 0.317 e. The number of piperidine rings is 1. The molecule has 1 N–H and O–H groups in total. The van der Waals surface area contributed by atoms with Crippen molar-refractivity contribution in [1.29, 1.82) is 0 Å². The normalized spacial score (nSPS) is 17.8. The van der Waals surface area contributed by atoms with Gasteiger partial charge in [0, 0.05) is 22.8 Å². The molecule has 0 radical (unpaired) electrons. The van der Waals surface area contributed by atoms with Crippen molar-refractivity contribution < 1.29 is 0 Å². The molecular weight excluding hydrogens is 278 g/mol. The van der Waals surface area contributed by atoms with Gasteiger partial charge in [0.1, 0.15) is 0 Å². The third kappa shape index (κ3) is 2.00. The lowest BCUT2D eigenvalue weighted by molar-refractivity contribution is 0.452. The van der Waals surface area contributed by atoms with E-state index in [9.17, 15) is 0 Å². The Morgan fingerprint density at radius 2 is 2.12 bits per heavy atom. The van der Waals surface area contributed by atoms with Crippen molar-refractivity contribution >= 4 is 26.8 Å². The number of hydrogen-bond acceptors (Lipinski definition) is 2.